The third-order valence-corrected chi connectivity index (χ3v) is 2.51. The smallest absolute Gasteiger partial charge is 0.106 e. The van der Waals surface area contributed by atoms with E-state index < -0.39 is 0 Å². The molecular weight excluding hydrogens is 198 g/mol. The van der Waals surface area contributed by atoms with E-state index in [1.165, 1.54) is 11.3 Å². The van der Waals surface area contributed by atoms with Crippen LogP contribution in [0.1, 0.15) is 18.4 Å². The Hall–Kier alpha value is -1.75. The average molecular weight is 215 g/mol. The van der Waals surface area contributed by atoms with Gasteiger partial charge in [-0.3, -0.25) is 0 Å². The summed E-state index contributed by atoms with van der Waals surface area (Å²) in [6.07, 6.45) is 1.99. The number of anilines is 1. The van der Waals surface area contributed by atoms with E-state index in [4.69, 9.17) is 4.79 Å². The van der Waals surface area contributed by atoms with E-state index in [0.717, 1.165) is 25.9 Å². The Kier molecular flexibility index (Phi) is 5.15. The number of benzene rings is 1. The standard InChI is InChI=1S/C13H15N.CH2O/c1-12-7-6-8-13(11-12)14-9-4-2-3-5-10-14;1-2/h6-8,11H,4-5,9-10H2,1H3;1H2. The van der Waals surface area contributed by atoms with Crippen molar-refractivity contribution in [3.05, 3.63) is 29.8 Å². The summed E-state index contributed by atoms with van der Waals surface area (Å²) in [7, 11) is 0. The van der Waals surface area contributed by atoms with Crippen LogP contribution >= 0.6 is 0 Å². The molecule has 0 aromatic heterocycles. The maximum atomic E-state index is 8.00. The molecule has 2 nitrogen and oxygen atoms in total. The molecule has 0 radical (unpaired) electrons. The van der Waals surface area contributed by atoms with Gasteiger partial charge in [0.2, 0.25) is 0 Å². The van der Waals surface area contributed by atoms with Crippen LogP contribution in [0.2, 0.25) is 0 Å². The van der Waals surface area contributed by atoms with Gasteiger partial charge in [-0.2, -0.15) is 0 Å². The molecule has 1 aromatic rings. The zero-order valence-electron chi connectivity index (χ0n) is 9.70. The largest absolute Gasteiger partial charge is 0.370 e. The van der Waals surface area contributed by atoms with Gasteiger partial charge >= 0.3 is 0 Å². The van der Waals surface area contributed by atoms with Crippen molar-refractivity contribution >= 4 is 12.5 Å². The van der Waals surface area contributed by atoms with Crippen molar-refractivity contribution in [2.45, 2.75) is 19.8 Å². The van der Waals surface area contributed by atoms with E-state index in [1.807, 2.05) is 6.79 Å². The Balaban J connectivity index is 0.000000606. The molecule has 2 heteroatoms. The second-order valence-electron chi connectivity index (χ2n) is 3.68. The second-order valence-corrected chi connectivity index (χ2v) is 3.68. The Morgan fingerprint density at radius 2 is 1.81 bits per heavy atom. The summed E-state index contributed by atoms with van der Waals surface area (Å²) in [4.78, 5) is 10.4. The second kappa shape index (κ2) is 6.68. The minimum absolute atomic E-state index is 0.994. The molecule has 1 aliphatic rings. The van der Waals surface area contributed by atoms with Gasteiger partial charge < -0.3 is 9.69 Å². The molecule has 0 aliphatic carbocycles. The normalized spacial score (nSPS) is 13.9. The molecule has 0 N–H and O–H groups in total. The first-order valence-electron chi connectivity index (χ1n) is 5.42. The van der Waals surface area contributed by atoms with Crippen LogP contribution in [-0.4, -0.2) is 19.9 Å². The van der Waals surface area contributed by atoms with Crippen LogP contribution in [0.5, 0.6) is 0 Å². The van der Waals surface area contributed by atoms with Crippen molar-refractivity contribution in [1.29, 1.82) is 0 Å². The summed E-state index contributed by atoms with van der Waals surface area (Å²) in [6, 6.07) is 8.68. The van der Waals surface area contributed by atoms with Gasteiger partial charge in [0.1, 0.15) is 6.79 Å². The maximum Gasteiger partial charge on any atom is 0.106 e. The fourth-order valence-corrected chi connectivity index (χ4v) is 1.75. The van der Waals surface area contributed by atoms with Crippen molar-refractivity contribution in [3.63, 3.8) is 0 Å². The SMILES string of the molecule is C=O.Cc1cccc(N2CCC#CCC2)c1. The molecule has 0 bridgehead atoms. The molecule has 1 heterocycles. The molecule has 2 rings (SSSR count). The lowest BCUT2D eigenvalue weighted by Crippen LogP contribution is -2.24. The summed E-state index contributed by atoms with van der Waals surface area (Å²) < 4.78 is 0. The van der Waals surface area contributed by atoms with Gasteiger partial charge in [-0.15, -0.1) is 11.8 Å². The molecule has 0 amide bonds. The third kappa shape index (κ3) is 3.43. The Morgan fingerprint density at radius 1 is 1.19 bits per heavy atom. The number of nitrogens with zero attached hydrogens (tertiary/aromatic N) is 1. The maximum absolute atomic E-state index is 8.00. The topological polar surface area (TPSA) is 20.3 Å². The van der Waals surface area contributed by atoms with Gasteiger partial charge in [-0.05, 0) is 24.6 Å². The van der Waals surface area contributed by atoms with Gasteiger partial charge in [0.05, 0.1) is 0 Å². The van der Waals surface area contributed by atoms with Crippen LogP contribution in [0.15, 0.2) is 24.3 Å². The molecule has 16 heavy (non-hydrogen) atoms. The summed E-state index contributed by atoms with van der Waals surface area (Å²) in [5.41, 5.74) is 2.66. The predicted octanol–water partition coefficient (Wildman–Crippen LogP) is 2.41. The lowest BCUT2D eigenvalue weighted by molar-refractivity contribution is -0.0979. The number of hydrogen-bond acceptors (Lipinski definition) is 2. The predicted molar refractivity (Wildman–Crippen MR) is 67.5 cm³/mol. The fraction of sp³-hybridized carbons (Fsp3) is 0.357. The van der Waals surface area contributed by atoms with E-state index in [1.54, 1.807) is 0 Å². The van der Waals surface area contributed by atoms with Crippen LogP contribution in [-0.2, 0) is 4.79 Å². The van der Waals surface area contributed by atoms with E-state index in [-0.39, 0.29) is 0 Å². The minimum Gasteiger partial charge on any atom is -0.370 e. The molecule has 1 aliphatic heterocycles. The first kappa shape index (κ1) is 12.3. The fourth-order valence-electron chi connectivity index (χ4n) is 1.75. The van der Waals surface area contributed by atoms with Gasteiger partial charge in [-0.25, -0.2) is 0 Å². The highest BCUT2D eigenvalue weighted by Gasteiger charge is 2.06. The van der Waals surface area contributed by atoms with Gasteiger partial charge in [-0.1, -0.05) is 12.1 Å². The molecule has 84 valence electrons. The van der Waals surface area contributed by atoms with Crippen molar-refractivity contribution in [1.82, 2.24) is 0 Å². The van der Waals surface area contributed by atoms with E-state index in [2.05, 4.69) is 47.9 Å². The number of aryl methyl sites for hydroxylation is 1. The van der Waals surface area contributed by atoms with Crippen LogP contribution in [0.25, 0.3) is 0 Å². The summed E-state index contributed by atoms with van der Waals surface area (Å²) in [5.74, 6) is 6.34. The summed E-state index contributed by atoms with van der Waals surface area (Å²) in [5, 5.41) is 0. The zero-order valence-corrected chi connectivity index (χ0v) is 9.70. The van der Waals surface area contributed by atoms with Crippen molar-refractivity contribution in [3.8, 4) is 11.8 Å². The molecule has 0 saturated heterocycles. The molecule has 1 aromatic carbocycles. The molecule has 0 atom stereocenters. The van der Waals surface area contributed by atoms with Crippen molar-refractivity contribution < 1.29 is 4.79 Å². The van der Waals surface area contributed by atoms with E-state index >= 15 is 0 Å². The molecule has 0 spiro atoms. The van der Waals surface area contributed by atoms with E-state index in [0.29, 0.717) is 0 Å². The van der Waals surface area contributed by atoms with Crippen LogP contribution in [0.3, 0.4) is 0 Å². The number of carbonyl (C=O) groups is 1. The quantitative estimate of drug-likeness (QED) is 0.670. The Bertz CT molecular complexity index is 377. The van der Waals surface area contributed by atoms with Crippen LogP contribution in [0, 0.1) is 18.8 Å². The molecule has 0 saturated carbocycles. The highest BCUT2D eigenvalue weighted by molar-refractivity contribution is 5.48. The monoisotopic (exact) mass is 215 g/mol. The first-order valence-corrected chi connectivity index (χ1v) is 5.42. The lowest BCUT2D eigenvalue weighted by atomic mass is 10.2. The van der Waals surface area contributed by atoms with Crippen molar-refractivity contribution in [2.24, 2.45) is 0 Å². The average Bonchev–Trinajstić information content (AvgIpc) is 2.60. The Labute approximate surface area is 97.3 Å². The van der Waals surface area contributed by atoms with Crippen LogP contribution in [0.4, 0.5) is 5.69 Å². The van der Waals surface area contributed by atoms with Crippen LogP contribution < -0.4 is 4.90 Å². The summed E-state index contributed by atoms with van der Waals surface area (Å²) in [6.45, 7) is 6.27. The van der Waals surface area contributed by atoms with E-state index in [9.17, 15) is 0 Å². The lowest BCUT2D eigenvalue weighted by Gasteiger charge is -2.22. The highest BCUT2D eigenvalue weighted by Crippen LogP contribution is 2.17. The number of carbonyl (C=O) groups excluding carboxylic acids is 1. The number of rotatable bonds is 1. The first-order chi connectivity index (χ1) is 7.86. The highest BCUT2D eigenvalue weighted by atomic mass is 16.1. The van der Waals surface area contributed by atoms with Crippen molar-refractivity contribution in [2.75, 3.05) is 18.0 Å². The number of hydrogen-bond donors (Lipinski definition) is 0. The molecule has 0 fully saturated rings. The zero-order chi connectivity index (χ0) is 11.8. The van der Waals surface area contributed by atoms with Gasteiger partial charge in [0, 0.05) is 31.6 Å². The van der Waals surface area contributed by atoms with Gasteiger partial charge in [0.15, 0.2) is 0 Å². The molecule has 0 unspecified atom stereocenters. The minimum atomic E-state index is 0.994. The Morgan fingerprint density at radius 3 is 2.38 bits per heavy atom. The van der Waals surface area contributed by atoms with Gasteiger partial charge in [0.25, 0.3) is 0 Å². The summed E-state index contributed by atoms with van der Waals surface area (Å²) >= 11 is 0. The third-order valence-electron chi connectivity index (χ3n) is 2.51. The molecular formula is C14H17NO.